The van der Waals surface area contributed by atoms with Gasteiger partial charge in [0.15, 0.2) is 11.9 Å². The minimum atomic E-state index is -1.06. The van der Waals surface area contributed by atoms with E-state index in [9.17, 15) is 9.59 Å². The molecule has 0 radical (unpaired) electrons. The normalized spacial score (nSPS) is 11.6. The monoisotopic (exact) mass is 433 g/mol. The molecule has 2 aromatic heterocycles. The molecular formula is C19H17Cl2N5O3. The second-order valence-corrected chi connectivity index (χ2v) is 6.97. The Labute approximate surface area is 176 Å². The zero-order valence-corrected chi connectivity index (χ0v) is 17.0. The molecular weight excluding hydrogens is 417 g/mol. The fraction of sp³-hybridized carbons (Fsp3) is 0.158. The molecule has 1 aromatic carbocycles. The molecule has 3 aromatic rings. The van der Waals surface area contributed by atoms with Crippen molar-refractivity contribution in [3.8, 4) is 0 Å². The summed E-state index contributed by atoms with van der Waals surface area (Å²) in [4.78, 5) is 28.7. The number of hydrogen-bond acceptors (Lipinski definition) is 6. The Morgan fingerprint density at radius 1 is 1.17 bits per heavy atom. The van der Waals surface area contributed by atoms with E-state index in [0.29, 0.717) is 16.3 Å². The molecule has 1 amide bonds. The first-order chi connectivity index (χ1) is 13.8. The van der Waals surface area contributed by atoms with E-state index in [0.717, 1.165) is 5.69 Å². The van der Waals surface area contributed by atoms with Crippen LogP contribution in [0.15, 0.2) is 48.9 Å². The van der Waals surface area contributed by atoms with Crippen molar-refractivity contribution in [3.63, 3.8) is 0 Å². The lowest BCUT2D eigenvalue weighted by atomic mass is 10.2. The Balaban J connectivity index is 1.63. The van der Waals surface area contributed by atoms with Gasteiger partial charge in [-0.05, 0) is 31.2 Å². The van der Waals surface area contributed by atoms with E-state index in [1.807, 2.05) is 0 Å². The van der Waals surface area contributed by atoms with Gasteiger partial charge in [0, 0.05) is 25.1 Å². The van der Waals surface area contributed by atoms with Crippen LogP contribution in [0.2, 0.25) is 10.0 Å². The molecule has 0 saturated carbocycles. The van der Waals surface area contributed by atoms with Crippen LogP contribution in [-0.2, 0) is 16.6 Å². The van der Waals surface area contributed by atoms with Crippen LogP contribution in [0.4, 0.5) is 17.2 Å². The highest BCUT2D eigenvalue weighted by Crippen LogP contribution is 2.23. The van der Waals surface area contributed by atoms with Gasteiger partial charge >= 0.3 is 5.97 Å². The summed E-state index contributed by atoms with van der Waals surface area (Å²) in [5, 5.41) is 10.2. The van der Waals surface area contributed by atoms with Crippen molar-refractivity contribution in [2.45, 2.75) is 13.0 Å². The molecule has 3 rings (SSSR count). The summed E-state index contributed by atoms with van der Waals surface area (Å²) >= 11 is 11.8. The predicted octanol–water partition coefficient (Wildman–Crippen LogP) is 4.05. The number of benzene rings is 1. The summed E-state index contributed by atoms with van der Waals surface area (Å²) in [6.45, 7) is 1.45. The summed E-state index contributed by atoms with van der Waals surface area (Å²) in [5.74, 6) is -1.08. The summed E-state index contributed by atoms with van der Waals surface area (Å²) in [6, 6.07) is 8.17. The fourth-order valence-corrected chi connectivity index (χ4v) is 2.81. The predicted molar refractivity (Wildman–Crippen MR) is 111 cm³/mol. The number of aromatic nitrogens is 3. The Bertz CT molecular complexity index is 1050. The number of amides is 1. The number of carbonyl (C=O) groups is 2. The topological polar surface area (TPSA) is 98.1 Å². The van der Waals surface area contributed by atoms with Crippen molar-refractivity contribution >= 4 is 52.3 Å². The standard InChI is InChI=1S/C19H17Cl2N5O3/c1-11(18(27)25-17-16(21)7-13(20)8-22-17)29-19(28)12-4-3-5-14(6-12)24-15-9-23-26(2)10-15/h3-11,24H,1-2H3,(H,22,25,27)/t11-/m1/s1. The van der Waals surface area contributed by atoms with Gasteiger partial charge in [0.1, 0.15) is 0 Å². The number of carbonyl (C=O) groups excluding carboxylic acids is 2. The summed E-state index contributed by atoms with van der Waals surface area (Å²) in [7, 11) is 1.80. The average Bonchev–Trinajstić information content (AvgIpc) is 3.08. The first-order valence-electron chi connectivity index (χ1n) is 8.50. The Kier molecular flexibility index (Phi) is 6.36. The van der Waals surface area contributed by atoms with Gasteiger partial charge in [-0.15, -0.1) is 0 Å². The maximum absolute atomic E-state index is 12.4. The number of anilines is 3. The quantitative estimate of drug-likeness (QED) is 0.568. The second kappa shape index (κ2) is 8.93. The summed E-state index contributed by atoms with van der Waals surface area (Å²) < 4.78 is 6.91. The smallest absolute Gasteiger partial charge is 0.338 e. The number of hydrogen-bond donors (Lipinski definition) is 2. The molecule has 0 fully saturated rings. The molecule has 10 heteroatoms. The molecule has 2 N–H and O–H groups in total. The van der Waals surface area contributed by atoms with Crippen molar-refractivity contribution < 1.29 is 14.3 Å². The molecule has 0 unspecified atom stereocenters. The highest BCUT2D eigenvalue weighted by Gasteiger charge is 2.20. The van der Waals surface area contributed by atoms with Gasteiger partial charge < -0.3 is 15.4 Å². The van der Waals surface area contributed by atoms with Crippen LogP contribution in [0.1, 0.15) is 17.3 Å². The highest BCUT2D eigenvalue weighted by atomic mass is 35.5. The lowest BCUT2D eigenvalue weighted by Crippen LogP contribution is -2.30. The molecule has 0 bridgehead atoms. The zero-order chi connectivity index (χ0) is 21.0. The van der Waals surface area contributed by atoms with Crippen molar-refractivity contribution in [1.29, 1.82) is 0 Å². The zero-order valence-electron chi connectivity index (χ0n) is 15.5. The summed E-state index contributed by atoms with van der Waals surface area (Å²) in [5.41, 5.74) is 1.75. The van der Waals surface area contributed by atoms with Gasteiger partial charge in [0.05, 0.1) is 27.5 Å². The largest absolute Gasteiger partial charge is 0.449 e. The number of nitrogens with zero attached hydrogens (tertiary/aromatic N) is 3. The van der Waals surface area contributed by atoms with E-state index >= 15 is 0 Å². The van der Waals surface area contributed by atoms with Gasteiger partial charge in [-0.25, -0.2) is 9.78 Å². The average molecular weight is 434 g/mol. The van der Waals surface area contributed by atoms with E-state index in [-0.39, 0.29) is 10.8 Å². The highest BCUT2D eigenvalue weighted by molar-refractivity contribution is 6.36. The molecule has 0 saturated heterocycles. The SMILES string of the molecule is C[C@@H](OC(=O)c1cccc(Nc2cnn(C)c2)c1)C(=O)Nc1ncc(Cl)cc1Cl. The minimum absolute atomic E-state index is 0.131. The van der Waals surface area contributed by atoms with Gasteiger partial charge in [0.2, 0.25) is 0 Å². The summed E-state index contributed by atoms with van der Waals surface area (Å²) in [6.07, 6.45) is 3.74. The number of ether oxygens (including phenoxy) is 1. The molecule has 2 heterocycles. The first kappa shape index (κ1) is 20.6. The van der Waals surface area contributed by atoms with Crippen LogP contribution in [0.5, 0.6) is 0 Å². The van der Waals surface area contributed by atoms with Crippen LogP contribution in [0.25, 0.3) is 0 Å². The third-order valence-corrected chi connectivity index (χ3v) is 4.29. The van der Waals surface area contributed by atoms with Gasteiger partial charge in [-0.1, -0.05) is 29.3 Å². The second-order valence-electron chi connectivity index (χ2n) is 6.13. The van der Waals surface area contributed by atoms with E-state index < -0.39 is 18.0 Å². The Morgan fingerprint density at radius 2 is 1.97 bits per heavy atom. The number of aryl methyl sites for hydroxylation is 1. The third kappa shape index (κ3) is 5.46. The van der Waals surface area contributed by atoms with Crippen molar-refractivity contribution in [3.05, 3.63) is 64.5 Å². The number of nitrogens with one attached hydrogen (secondary N) is 2. The van der Waals surface area contributed by atoms with Crippen LogP contribution >= 0.6 is 23.2 Å². The van der Waals surface area contributed by atoms with Crippen LogP contribution < -0.4 is 10.6 Å². The molecule has 0 aliphatic heterocycles. The molecule has 150 valence electrons. The minimum Gasteiger partial charge on any atom is -0.449 e. The number of pyridine rings is 1. The van der Waals surface area contributed by atoms with E-state index in [1.54, 1.807) is 48.4 Å². The van der Waals surface area contributed by atoms with Crippen molar-refractivity contribution in [1.82, 2.24) is 14.8 Å². The Hall–Kier alpha value is -3.10. The fourth-order valence-electron chi connectivity index (χ4n) is 2.38. The molecule has 29 heavy (non-hydrogen) atoms. The van der Waals surface area contributed by atoms with Crippen LogP contribution in [0.3, 0.4) is 0 Å². The van der Waals surface area contributed by atoms with Crippen LogP contribution in [-0.4, -0.2) is 32.7 Å². The number of halogens is 2. The number of rotatable bonds is 6. The lowest BCUT2D eigenvalue weighted by molar-refractivity contribution is -0.123. The van der Waals surface area contributed by atoms with E-state index in [4.69, 9.17) is 27.9 Å². The lowest BCUT2D eigenvalue weighted by Gasteiger charge is -2.14. The van der Waals surface area contributed by atoms with Crippen LogP contribution in [0, 0.1) is 0 Å². The van der Waals surface area contributed by atoms with Crippen molar-refractivity contribution in [2.24, 2.45) is 7.05 Å². The van der Waals surface area contributed by atoms with E-state index in [2.05, 4.69) is 20.7 Å². The molecule has 0 aliphatic carbocycles. The third-order valence-electron chi connectivity index (χ3n) is 3.79. The van der Waals surface area contributed by atoms with Gasteiger partial charge in [0.25, 0.3) is 5.91 Å². The molecule has 0 aliphatic rings. The van der Waals surface area contributed by atoms with Gasteiger partial charge in [-0.2, -0.15) is 5.10 Å². The maximum Gasteiger partial charge on any atom is 0.338 e. The number of esters is 1. The first-order valence-corrected chi connectivity index (χ1v) is 9.26. The Morgan fingerprint density at radius 3 is 2.66 bits per heavy atom. The maximum atomic E-state index is 12.4. The molecule has 8 nitrogen and oxygen atoms in total. The van der Waals surface area contributed by atoms with E-state index in [1.165, 1.54) is 19.2 Å². The van der Waals surface area contributed by atoms with Crippen molar-refractivity contribution in [2.75, 3.05) is 10.6 Å². The molecule has 1 atom stereocenters. The van der Waals surface area contributed by atoms with Gasteiger partial charge in [-0.3, -0.25) is 9.48 Å². The molecule has 0 spiro atoms.